The van der Waals surface area contributed by atoms with Crippen LogP contribution in [0, 0.1) is 29.6 Å². The SMILES string of the molecule is CCC1C=C(C)CC(C)CC(OC)C2OC(O)(C(=O)C(=O)N3CCCCC3C(=O)OC(C(C)=CC3CCC(N(C)C)C(Oc4cccc(OC)c4)C3)C(C)CCC1=O)C(C)CC2OC. The van der Waals surface area contributed by atoms with Crippen LogP contribution < -0.4 is 9.47 Å². The fourth-order valence-electron chi connectivity index (χ4n) is 10.7. The lowest BCUT2D eigenvalue weighted by Crippen LogP contribution is -2.64. The van der Waals surface area contributed by atoms with Crippen LogP contribution in [-0.2, 0) is 38.1 Å². The van der Waals surface area contributed by atoms with Crippen molar-refractivity contribution in [3.05, 3.63) is 47.6 Å². The van der Waals surface area contributed by atoms with Crippen LogP contribution in [0.3, 0.4) is 0 Å². The molecule has 0 aromatic heterocycles. The van der Waals surface area contributed by atoms with Gasteiger partial charge in [0.1, 0.15) is 41.6 Å². The number of carbonyl (C=O) groups excluding carboxylic acids is 4. The standard InChI is InChI=1S/C51H78N2O11/c1-12-37-25-31(2)24-32(3)26-44(60-10)47-45(61-11)28-35(6)51(58,64-47)48(55)49(56)53-23-14-13-18-41(53)50(57)63-46(33(4)19-22-42(37)54)34(5)27-36-20-21-40(52(7)8)43(29-36)62-39-17-15-16-38(30-39)59-9/h15-17,25,27,30,32-33,35-37,40-41,43-47,58H,12-14,18-24,26,28-29H2,1-11H3. The third-order valence-electron chi connectivity index (χ3n) is 14.5. The van der Waals surface area contributed by atoms with Crippen LogP contribution in [0.2, 0.25) is 0 Å². The number of cyclic esters (lactones) is 1. The molecule has 64 heavy (non-hydrogen) atoms. The lowest BCUT2D eigenvalue weighted by atomic mass is 9.81. The maximum atomic E-state index is 14.6. The van der Waals surface area contributed by atoms with Gasteiger partial charge < -0.3 is 43.3 Å². The first-order valence-electron chi connectivity index (χ1n) is 23.8. The van der Waals surface area contributed by atoms with Crippen molar-refractivity contribution in [2.24, 2.45) is 29.6 Å². The zero-order valence-electron chi connectivity index (χ0n) is 40.5. The van der Waals surface area contributed by atoms with Gasteiger partial charge in [-0.2, -0.15) is 0 Å². The van der Waals surface area contributed by atoms with Gasteiger partial charge in [-0.3, -0.25) is 14.4 Å². The van der Waals surface area contributed by atoms with Gasteiger partial charge in [0.05, 0.1) is 19.3 Å². The number of hydrogen-bond donors (Lipinski definition) is 1. The fraction of sp³-hybridized carbons (Fsp3) is 0.725. The highest BCUT2D eigenvalue weighted by Gasteiger charge is 2.56. The van der Waals surface area contributed by atoms with Gasteiger partial charge in [-0.15, -0.1) is 0 Å². The molecule has 5 rings (SSSR count). The Balaban J connectivity index is 1.49. The molecule has 1 aromatic carbocycles. The molecule has 1 N–H and O–H groups in total. The molecule has 2 saturated heterocycles. The van der Waals surface area contributed by atoms with Crippen LogP contribution in [0.4, 0.5) is 0 Å². The van der Waals surface area contributed by atoms with Gasteiger partial charge in [0.25, 0.3) is 11.7 Å². The van der Waals surface area contributed by atoms with E-state index in [4.69, 9.17) is 28.4 Å². The normalized spacial score (nSPS) is 35.8. The number of carbonyl (C=O) groups is 4. The number of ketones is 2. The number of hydrogen-bond acceptors (Lipinski definition) is 12. The van der Waals surface area contributed by atoms with Crippen LogP contribution >= 0.6 is 0 Å². The van der Waals surface area contributed by atoms with Crippen LogP contribution in [0.5, 0.6) is 11.5 Å². The van der Waals surface area contributed by atoms with E-state index in [2.05, 4.69) is 38.1 Å². The largest absolute Gasteiger partial charge is 0.497 e. The van der Waals surface area contributed by atoms with Gasteiger partial charge in [-0.25, -0.2) is 4.79 Å². The molecule has 1 amide bonds. The Morgan fingerprint density at radius 2 is 1.64 bits per heavy atom. The van der Waals surface area contributed by atoms with Crippen LogP contribution in [0.1, 0.15) is 119 Å². The number of amides is 1. The summed E-state index contributed by atoms with van der Waals surface area (Å²) >= 11 is 0. The van der Waals surface area contributed by atoms with E-state index < -0.39 is 59.8 Å². The van der Waals surface area contributed by atoms with Crippen molar-refractivity contribution in [1.82, 2.24) is 9.80 Å². The van der Waals surface area contributed by atoms with E-state index in [-0.39, 0.29) is 54.6 Å². The summed E-state index contributed by atoms with van der Waals surface area (Å²) in [5.41, 5.74) is 1.95. The fourth-order valence-corrected chi connectivity index (χ4v) is 10.7. The topological polar surface area (TPSA) is 150 Å². The number of fused-ring (bicyclic) bond motifs is 3. The monoisotopic (exact) mass is 895 g/mol. The molecule has 3 fully saturated rings. The minimum atomic E-state index is -2.47. The molecule has 13 nitrogen and oxygen atoms in total. The molecule has 1 aliphatic carbocycles. The number of likely N-dealkylation sites (N-methyl/N-ethyl adjacent to an activating group) is 1. The summed E-state index contributed by atoms with van der Waals surface area (Å²) in [6, 6.07) is 6.78. The van der Waals surface area contributed by atoms with Gasteiger partial charge in [0.15, 0.2) is 0 Å². The quantitative estimate of drug-likeness (QED) is 0.149. The van der Waals surface area contributed by atoms with Gasteiger partial charge in [-0.1, -0.05) is 51.5 Å². The molecule has 13 atom stereocenters. The maximum absolute atomic E-state index is 14.6. The van der Waals surface area contributed by atoms with Gasteiger partial charge in [0, 0.05) is 51.1 Å². The first-order valence-corrected chi connectivity index (χ1v) is 23.8. The molecule has 1 aromatic rings. The summed E-state index contributed by atoms with van der Waals surface area (Å²) in [6.07, 6.45) is 8.51. The summed E-state index contributed by atoms with van der Waals surface area (Å²) in [5, 5.41) is 12.1. The lowest BCUT2D eigenvalue weighted by molar-refractivity contribution is -0.302. The zero-order chi connectivity index (χ0) is 46.9. The summed E-state index contributed by atoms with van der Waals surface area (Å²) in [6.45, 7) is 12.0. The van der Waals surface area contributed by atoms with Gasteiger partial charge in [0.2, 0.25) is 5.79 Å². The number of benzene rings is 1. The van der Waals surface area contributed by atoms with Crippen molar-refractivity contribution in [3.8, 4) is 11.5 Å². The number of ether oxygens (including phenoxy) is 6. The Hall–Kier alpha value is -3.62. The van der Waals surface area contributed by atoms with Crippen molar-refractivity contribution < 1.29 is 52.7 Å². The first-order chi connectivity index (χ1) is 30.4. The summed E-state index contributed by atoms with van der Waals surface area (Å²) in [4.78, 5) is 60.7. The van der Waals surface area contributed by atoms with E-state index in [0.717, 1.165) is 41.9 Å². The smallest absolute Gasteiger partial charge is 0.329 e. The average molecular weight is 895 g/mol. The van der Waals surface area contributed by atoms with E-state index in [1.807, 2.05) is 52.0 Å². The van der Waals surface area contributed by atoms with Crippen LogP contribution in [0.25, 0.3) is 0 Å². The number of methoxy groups -OCH3 is 3. The molecular formula is C51H78N2O11. The molecule has 3 heterocycles. The Labute approximate surface area is 382 Å². The van der Waals surface area contributed by atoms with E-state index in [1.165, 1.54) is 4.90 Å². The number of esters is 1. The van der Waals surface area contributed by atoms with Gasteiger partial charge >= 0.3 is 5.97 Å². The molecule has 3 aliphatic heterocycles. The number of rotatable bonds is 9. The van der Waals surface area contributed by atoms with Crippen molar-refractivity contribution >= 4 is 23.4 Å². The third-order valence-corrected chi connectivity index (χ3v) is 14.5. The Morgan fingerprint density at radius 1 is 0.938 bits per heavy atom. The number of piperidine rings is 1. The third kappa shape index (κ3) is 12.4. The second-order valence-corrected chi connectivity index (χ2v) is 19.6. The molecular weight excluding hydrogens is 817 g/mol. The number of nitrogens with zero attached hydrogens (tertiary/aromatic N) is 2. The minimum absolute atomic E-state index is 0.0863. The van der Waals surface area contributed by atoms with Crippen molar-refractivity contribution in [2.45, 2.75) is 167 Å². The zero-order valence-corrected chi connectivity index (χ0v) is 40.5. The van der Waals surface area contributed by atoms with Gasteiger partial charge in [-0.05, 0) is 134 Å². The molecule has 4 aliphatic rings. The predicted octanol–water partition coefficient (Wildman–Crippen LogP) is 7.51. The molecule has 0 spiro atoms. The van der Waals surface area contributed by atoms with E-state index in [0.29, 0.717) is 51.4 Å². The predicted molar refractivity (Wildman–Crippen MR) is 245 cm³/mol. The van der Waals surface area contributed by atoms with Crippen LogP contribution in [0.15, 0.2) is 47.6 Å². The molecule has 13 heteroatoms. The van der Waals surface area contributed by atoms with E-state index in [9.17, 15) is 24.3 Å². The molecule has 13 unspecified atom stereocenters. The Morgan fingerprint density at radius 3 is 2.31 bits per heavy atom. The summed E-state index contributed by atoms with van der Waals surface area (Å²) in [7, 11) is 8.90. The number of aliphatic hydroxyl groups is 1. The Bertz CT molecular complexity index is 1810. The van der Waals surface area contributed by atoms with Crippen molar-refractivity contribution in [2.75, 3.05) is 42.0 Å². The van der Waals surface area contributed by atoms with Crippen molar-refractivity contribution in [3.63, 3.8) is 0 Å². The highest BCUT2D eigenvalue weighted by Crippen LogP contribution is 2.40. The second kappa shape index (κ2) is 23.2. The summed E-state index contributed by atoms with van der Waals surface area (Å²) in [5.74, 6) is -4.67. The maximum Gasteiger partial charge on any atom is 0.329 e. The average Bonchev–Trinajstić information content (AvgIpc) is 3.28. The Kier molecular flexibility index (Phi) is 18.6. The highest BCUT2D eigenvalue weighted by atomic mass is 16.7. The molecule has 2 bridgehead atoms. The molecule has 358 valence electrons. The number of allylic oxidation sites excluding steroid dienone is 3. The lowest BCUT2D eigenvalue weighted by Gasteiger charge is -2.47. The second-order valence-electron chi connectivity index (χ2n) is 19.6. The first kappa shape index (κ1) is 51.4. The molecule has 0 radical (unpaired) electrons. The van der Waals surface area contributed by atoms with Crippen LogP contribution in [-0.4, -0.2) is 129 Å². The molecule has 1 saturated carbocycles. The van der Waals surface area contributed by atoms with E-state index in [1.54, 1.807) is 28.3 Å². The van der Waals surface area contributed by atoms with Crippen molar-refractivity contribution in [1.29, 1.82) is 0 Å². The van der Waals surface area contributed by atoms with E-state index >= 15 is 0 Å². The summed E-state index contributed by atoms with van der Waals surface area (Å²) < 4.78 is 36.7. The minimum Gasteiger partial charge on any atom is -0.497 e. The number of Topliss-reactive ketones (excluding diaryl/α,β-unsaturated/α-hetero) is 2. The highest BCUT2D eigenvalue weighted by molar-refractivity contribution is 6.39.